The van der Waals surface area contributed by atoms with Gasteiger partial charge in [-0.3, -0.25) is 4.57 Å². The quantitative estimate of drug-likeness (QED) is 0.562. The Morgan fingerprint density at radius 2 is 1.89 bits per heavy atom. The van der Waals surface area contributed by atoms with Gasteiger partial charge in [-0.25, -0.2) is 4.98 Å². The summed E-state index contributed by atoms with van der Waals surface area (Å²) in [6.45, 7) is 0. The lowest BCUT2D eigenvalue weighted by molar-refractivity contribution is 0.613. The standard InChI is InChI=1S/C15H11N3O/c16-15-17-11-5-1-2-6-12(11)18(15)13-7-3-4-10-8-9-19-14(10)13/h1-9H,(H2,16,17). The predicted molar refractivity (Wildman–Crippen MR) is 75.3 cm³/mol. The zero-order valence-electron chi connectivity index (χ0n) is 10.1. The van der Waals surface area contributed by atoms with Gasteiger partial charge >= 0.3 is 0 Å². The lowest BCUT2D eigenvalue weighted by Gasteiger charge is -2.06. The van der Waals surface area contributed by atoms with Crippen LogP contribution in [0.4, 0.5) is 5.95 Å². The highest BCUT2D eigenvalue weighted by Gasteiger charge is 2.13. The Morgan fingerprint density at radius 1 is 1.00 bits per heavy atom. The van der Waals surface area contributed by atoms with E-state index in [0.29, 0.717) is 5.95 Å². The van der Waals surface area contributed by atoms with Crippen molar-refractivity contribution in [3.8, 4) is 5.69 Å². The van der Waals surface area contributed by atoms with Crippen molar-refractivity contribution in [3.63, 3.8) is 0 Å². The molecule has 4 rings (SSSR count). The van der Waals surface area contributed by atoms with Gasteiger partial charge in [0.25, 0.3) is 0 Å². The van der Waals surface area contributed by atoms with E-state index < -0.39 is 0 Å². The van der Waals surface area contributed by atoms with Crippen LogP contribution in [0, 0.1) is 0 Å². The first-order chi connectivity index (χ1) is 9.34. The Hall–Kier alpha value is -2.75. The number of nitrogen functional groups attached to an aromatic ring is 1. The fourth-order valence-electron chi connectivity index (χ4n) is 2.45. The van der Waals surface area contributed by atoms with E-state index in [9.17, 15) is 0 Å². The van der Waals surface area contributed by atoms with Crippen molar-refractivity contribution < 1.29 is 4.42 Å². The molecule has 0 unspecified atom stereocenters. The fourth-order valence-corrected chi connectivity index (χ4v) is 2.45. The average Bonchev–Trinajstić information content (AvgIpc) is 3.01. The number of imidazole rings is 1. The molecule has 0 aliphatic rings. The summed E-state index contributed by atoms with van der Waals surface area (Å²) in [5, 5.41) is 1.05. The molecule has 0 fully saturated rings. The molecule has 0 spiro atoms. The highest BCUT2D eigenvalue weighted by molar-refractivity contribution is 5.89. The van der Waals surface area contributed by atoms with E-state index in [1.807, 2.05) is 53.1 Å². The first kappa shape index (κ1) is 10.2. The number of para-hydroxylation sites is 3. The summed E-state index contributed by atoms with van der Waals surface area (Å²) >= 11 is 0. The van der Waals surface area contributed by atoms with E-state index >= 15 is 0 Å². The second kappa shape index (κ2) is 3.62. The fraction of sp³-hybridized carbons (Fsp3) is 0. The second-order valence-corrected chi connectivity index (χ2v) is 4.41. The molecular weight excluding hydrogens is 238 g/mol. The van der Waals surface area contributed by atoms with Crippen LogP contribution < -0.4 is 5.73 Å². The van der Waals surface area contributed by atoms with Crippen LogP contribution in [0.25, 0.3) is 27.7 Å². The molecular formula is C15H11N3O. The summed E-state index contributed by atoms with van der Waals surface area (Å²) in [5.74, 6) is 0.463. The Labute approximate surface area is 109 Å². The zero-order chi connectivity index (χ0) is 12.8. The van der Waals surface area contributed by atoms with Crippen molar-refractivity contribution in [1.82, 2.24) is 9.55 Å². The van der Waals surface area contributed by atoms with E-state index in [1.165, 1.54) is 0 Å². The maximum atomic E-state index is 6.06. The molecule has 0 amide bonds. The molecule has 0 saturated heterocycles. The normalized spacial score (nSPS) is 11.4. The van der Waals surface area contributed by atoms with Crippen LogP contribution in [0.1, 0.15) is 0 Å². The van der Waals surface area contributed by atoms with Crippen molar-refractivity contribution in [1.29, 1.82) is 0 Å². The van der Waals surface area contributed by atoms with Gasteiger partial charge in [0, 0.05) is 5.39 Å². The molecule has 19 heavy (non-hydrogen) atoms. The molecule has 0 bridgehead atoms. The third-order valence-electron chi connectivity index (χ3n) is 3.29. The minimum absolute atomic E-state index is 0.463. The van der Waals surface area contributed by atoms with Crippen molar-refractivity contribution in [2.45, 2.75) is 0 Å². The number of benzene rings is 2. The molecule has 2 heterocycles. The number of nitrogens with two attached hydrogens (primary N) is 1. The van der Waals surface area contributed by atoms with Crippen molar-refractivity contribution >= 4 is 28.0 Å². The summed E-state index contributed by atoms with van der Waals surface area (Å²) in [6.07, 6.45) is 1.68. The maximum Gasteiger partial charge on any atom is 0.206 e. The van der Waals surface area contributed by atoms with E-state index in [0.717, 1.165) is 27.7 Å². The number of furan rings is 1. The molecule has 4 nitrogen and oxygen atoms in total. The second-order valence-electron chi connectivity index (χ2n) is 4.41. The van der Waals surface area contributed by atoms with E-state index in [2.05, 4.69) is 4.98 Å². The van der Waals surface area contributed by atoms with Crippen LogP contribution in [-0.2, 0) is 0 Å². The summed E-state index contributed by atoms with van der Waals surface area (Å²) in [6, 6.07) is 15.8. The Balaban J connectivity index is 2.15. The monoisotopic (exact) mass is 249 g/mol. The third-order valence-corrected chi connectivity index (χ3v) is 3.29. The number of rotatable bonds is 1. The molecule has 4 aromatic rings. The third kappa shape index (κ3) is 1.37. The molecule has 0 aliphatic heterocycles. The minimum Gasteiger partial charge on any atom is -0.462 e. The van der Waals surface area contributed by atoms with Gasteiger partial charge in [-0.15, -0.1) is 0 Å². The van der Waals surface area contributed by atoms with Gasteiger partial charge in [-0.05, 0) is 24.3 Å². The largest absolute Gasteiger partial charge is 0.462 e. The topological polar surface area (TPSA) is 57.0 Å². The molecule has 0 radical (unpaired) electrons. The van der Waals surface area contributed by atoms with Crippen LogP contribution in [0.5, 0.6) is 0 Å². The lowest BCUT2D eigenvalue weighted by atomic mass is 10.2. The van der Waals surface area contributed by atoms with Gasteiger partial charge in [-0.2, -0.15) is 0 Å². The molecule has 0 aliphatic carbocycles. The van der Waals surface area contributed by atoms with Crippen LogP contribution in [0.3, 0.4) is 0 Å². The number of hydrogen-bond acceptors (Lipinski definition) is 3. The Kier molecular flexibility index (Phi) is 1.94. The van der Waals surface area contributed by atoms with Gasteiger partial charge in [0.1, 0.15) is 0 Å². The molecule has 0 atom stereocenters. The van der Waals surface area contributed by atoms with Crippen LogP contribution >= 0.6 is 0 Å². The predicted octanol–water partition coefficient (Wildman–Crippen LogP) is 3.35. The Morgan fingerprint density at radius 3 is 2.84 bits per heavy atom. The smallest absolute Gasteiger partial charge is 0.206 e. The van der Waals surface area contributed by atoms with E-state index in [-0.39, 0.29) is 0 Å². The first-order valence-electron chi connectivity index (χ1n) is 6.04. The highest BCUT2D eigenvalue weighted by atomic mass is 16.3. The molecule has 2 aromatic heterocycles. The van der Waals surface area contributed by atoms with Gasteiger partial charge < -0.3 is 10.2 Å². The van der Waals surface area contributed by atoms with Crippen LogP contribution in [-0.4, -0.2) is 9.55 Å². The average molecular weight is 249 g/mol. The van der Waals surface area contributed by atoms with Crippen molar-refractivity contribution in [2.24, 2.45) is 0 Å². The highest BCUT2D eigenvalue weighted by Crippen LogP contribution is 2.28. The van der Waals surface area contributed by atoms with Crippen molar-refractivity contribution in [3.05, 3.63) is 54.8 Å². The molecule has 2 N–H and O–H groups in total. The number of nitrogens with zero attached hydrogens (tertiary/aromatic N) is 2. The summed E-state index contributed by atoms with van der Waals surface area (Å²) in [4.78, 5) is 4.38. The zero-order valence-corrected chi connectivity index (χ0v) is 10.1. The van der Waals surface area contributed by atoms with Crippen molar-refractivity contribution in [2.75, 3.05) is 5.73 Å². The summed E-state index contributed by atoms with van der Waals surface area (Å²) in [5.41, 5.74) is 9.64. The maximum absolute atomic E-state index is 6.06. The Bertz CT molecular complexity index is 889. The minimum atomic E-state index is 0.463. The van der Waals surface area contributed by atoms with Crippen LogP contribution in [0.15, 0.2) is 59.2 Å². The number of anilines is 1. The molecule has 2 aromatic carbocycles. The number of fused-ring (bicyclic) bond motifs is 2. The van der Waals surface area contributed by atoms with Gasteiger partial charge in [0.15, 0.2) is 5.58 Å². The first-order valence-corrected chi connectivity index (χ1v) is 6.04. The lowest BCUT2D eigenvalue weighted by Crippen LogP contribution is -2.00. The van der Waals surface area contributed by atoms with E-state index in [1.54, 1.807) is 6.26 Å². The number of aromatic nitrogens is 2. The molecule has 92 valence electrons. The van der Waals surface area contributed by atoms with Crippen LogP contribution in [0.2, 0.25) is 0 Å². The van der Waals surface area contributed by atoms with E-state index in [4.69, 9.17) is 10.2 Å². The molecule has 0 saturated carbocycles. The summed E-state index contributed by atoms with van der Waals surface area (Å²) < 4.78 is 7.49. The SMILES string of the molecule is Nc1nc2ccccc2n1-c1cccc2ccoc12. The number of hydrogen-bond donors (Lipinski definition) is 1. The van der Waals surface area contributed by atoms with Gasteiger partial charge in [0.2, 0.25) is 5.95 Å². The summed E-state index contributed by atoms with van der Waals surface area (Å²) in [7, 11) is 0. The molecule has 4 heteroatoms. The van der Waals surface area contributed by atoms with Gasteiger partial charge in [0.05, 0.1) is 23.0 Å². The van der Waals surface area contributed by atoms with Gasteiger partial charge in [-0.1, -0.05) is 24.3 Å².